The topological polar surface area (TPSA) is 34.0 Å². The summed E-state index contributed by atoms with van der Waals surface area (Å²) in [6.07, 6.45) is -1.99. The molecular formula is C14H16BrF3N4. The van der Waals surface area contributed by atoms with Crippen molar-refractivity contribution in [3.63, 3.8) is 0 Å². The second-order valence-electron chi connectivity index (χ2n) is 5.68. The minimum atomic E-state index is -4.10. The van der Waals surface area contributed by atoms with E-state index < -0.39 is 12.1 Å². The number of hydrogen-bond donors (Lipinski definition) is 0. The van der Waals surface area contributed by atoms with E-state index in [1.807, 2.05) is 22.7 Å². The Morgan fingerprint density at radius 2 is 1.86 bits per heavy atom. The number of piperidine rings is 1. The normalized spacial score (nSPS) is 17.5. The van der Waals surface area contributed by atoms with Gasteiger partial charge in [-0.1, -0.05) is 0 Å². The molecule has 0 spiro atoms. The first kappa shape index (κ1) is 15.6. The van der Waals surface area contributed by atoms with Gasteiger partial charge in [-0.2, -0.15) is 13.2 Å². The molecule has 8 heteroatoms. The Labute approximate surface area is 134 Å². The Bertz CT molecular complexity index is 702. The zero-order valence-corrected chi connectivity index (χ0v) is 13.9. The van der Waals surface area contributed by atoms with Crippen LogP contribution in [-0.4, -0.2) is 33.8 Å². The predicted octanol–water partition coefficient (Wildman–Crippen LogP) is 3.82. The molecule has 0 unspecified atom stereocenters. The van der Waals surface area contributed by atoms with Crippen molar-refractivity contribution >= 4 is 32.8 Å². The molecule has 0 aromatic carbocycles. The molecule has 3 heterocycles. The van der Waals surface area contributed by atoms with Gasteiger partial charge in [-0.05, 0) is 35.7 Å². The summed E-state index contributed by atoms with van der Waals surface area (Å²) in [5, 5.41) is 0.860. The molecule has 0 saturated carbocycles. The predicted molar refractivity (Wildman–Crippen MR) is 81.9 cm³/mol. The number of aryl methyl sites for hydroxylation is 2. The summed E-state index contributed by atoms with van der Waals surface area (Å²) in [5.74, 6) is 0.131. The summed E-state index contributed by atoms with van der Waals surface area (Å²) in [5.41, 5.74) is 0.785. The number of nitrogens with zero attached hydrogens (tertiary/aromatic N) is 4. The van der Waals surface area contributed by atoms with Crippen LogP contribution in [0, 0.1) is 12.8 Å². The molecule has 1 saturated heterocycles. The van der Waals surface area contributed by atoms with Crippen molar-refractivity contribution in [3.05, 3.63) is 16.5 Å². The summed E-state index contributed by atoms with van der Waals surface area (Å²) >= 11 is 3.50. The average Bonchev–Trinajstić information content (AvgIpc) is 2.72. The minimum Gasteiger partial charge on any atom is -0.356 e. The van der Waals surface area contributed by atoms with E-state index in [4.69, 9.17) is 0 Å². The van der Waals surface area contributed by atoms with Gasteiger partial charge >= 0.3 is 6.18 Å². The molecule has 0 bridgehead atoms. The monoisotopic (exact) mass is 376 g/mol. The maximum atomic E-state index is 12.8. The minimum absolute atomic E-state index is 0.110. The van der Waals surface area contributed by atoms with E-state index in [0.29, 0.717) is 18.9 Å². The van der Waals surface area contributed by atoms with E-state index in [2.05, 4.69) is 25.9 Å². The highest BCUT2D eigenvalue weighted by Crippen LogP contribution is 2.38. The fourth-order valence-corrected chi connectivity index (χ4v) is 3.62. The smallest absolute Gasteiger partial charge is 0.356 e. The molecular weight excluding hydrogens is 361 g/mol. The molecule has 1 aliphatic heterocycles. The van der Waals surface area contributed by atoms with Gasteiger partial charge in [-0.3, -0.25) is 0 Å². The van der Waals surface area contributed by atoms with E-state index in [9.17, 15) is 13.2 Å². The standard InChI is InChI=1S/C14H16BrF3N4/c1-8-19-12-11(10(15)7-21(12)2)13(20-8)22-5-3-9(4-6-22)14(16,17)18/h7,9H,3-6H2,1-2H3. The van der Waals surface area contributed by atoms with Crippen molar-refractivity contribution in [2.24, 2.45) is 13.0 Å². The lowest BCUT2D eigenvalue weighted by molar-refractivity contribution is -0.179. The van der Waals surface area contributed by atoms with E-state index in [1.165, 1.54) is 0 Å². The van der Waals surface area contributed by atoms with Gasteiger partial charge in [0.25, 0.3) is 0 Å². The number of halogens is 4. The van der Waals surface area contributed by atoms with Gasteiger partial charge in [0, 0.05) is 30.8 Å². The van der Waals surface area contributed by atoms with Crippen molar-refractivity contribution in [1.29, 1.82) is 0 Å². The van der Waals surface area contributed by atoms with Gasteiger partial charge in [-0.25, -0.2) is 9.97 Å². The SMILES string of the molecule is Cc1nc(N2CCC(C(F)(F)F)CC2)c2c(Br)cn(C)c2n1. The second kappa shape index (κ2) is 5.40. The Balaban J connectivity index is 1.95. The fraction of sp³-hybridized carbons (Fsp3) is 0.571. The van der Waals surface area contributed by atoms with Crippen LogP contribution in [0.15, 0.2) is 10.7 Å². The van der Waals surface area contributed by atoms with Crippen LogP contribution in [0.3, 0.4) is 0 Å². The van der Waals surface area contributed by atoms with Crippen molar-refractivity contribution in [1.82, 2.24) is 14.5 Å². The number of hydrogen-bond acceptors (Lipinski definition) is 3. The summed E-state index contributed by atoms with van der Waals surface area (Å²) < 4.78 is 41.1. The lowest BCUT2D eigenvalue weighted by atomic mass is 9.96. The number of rotatable bonds is 1. The van der Waals surface area contributed by atoms with Gasteiger partial charge in [-0.15, -0.1) is 0 Å². The third-order valence-corrected chi connectivity index (χ3v) is 4.72. The molecule has 0 atom stereocenters. The van der Waals surface area contributed by atoms with Crippen LogP contribution >= 0.6 is 15.9 Å². The van der Waals surface area contributed by atoms with E-state index in [-0.39, 0.29) is 12.8 Å². The van der Waals surface area contributed by atoms with E-state index >= 15 is 0 Å². The van der Waals surface area contributed by atoms with Crippen LogP contribution in [0.5, 0.6) is 0 Å². The first-order chi connectivity index (χ1) is 10.3. The number of fused-ring (bicyclic) bond motifs is 1. The molecule has 0 aliphatic carbocycles. The molecule has 1 aliphatic rings. The van der Waals surface area contributed by atoms with E-state index in [0.717, 1.165) is 21.3 Å². The highest BCUT2D eigenvalue weighted by molar-refractivity contribution is 9.10. The first-order valence-corrected chi connectivity index (χ1v) is 7.87. The molecule has 2 aromatic rings. The molecule has 4 nitrogen and oxygen atoms in total. The van der Waals surface area contributed by atoms with Crippen LogP contribution in [0.25, 0.3) is 11.0 Å². The number of anilines is 1. The van der Waals surface area contributed by atoms with Gasteiger partial charge < -0.3 is 9.47 Å². The molecule has 1 fully saturated rings. The van der Waals surface area contributed by atoms with Crippen LogP contribution < -0.4 is 4.90 Å². The average molecular weight is 377 g/mol. The molecule has 2 aromatic heterocycles. The van der Waals surface area contributed by atoms with E-state index in [1.54, 1.807) is 6.92 Å². The van der Waals surface area contributed by atoms with Crippen LogP contribution in [0.1, 0.15) is 18.7 Å². The first-order valence-electron chi connectivity index (χ1n) is 7.08. The highest BCUT2D eigenvalue weighted by atomic mass is 79.9. The summed E-state index contributed by atoms with van der Waals surface area (Å²) in [6, 6.07) is 0. The third-order valence-electron chi connectivity index (χ3n) is 4.12. The van der Waals surface area contributed by atoms with Gasteiger partial charge in [0.2, 0.25) is 0 Å². The highest BCUT2D eigenvalue weighted by Gasteiger charge is 2.41. The largest absolute Gasteiger partial charge is 0.391 e. The lowest BCUT2D eigenvalue weighted by Crippen LogP contribution is -2.39. The Hall–Kier alpha value is -1.31. The lowest BCUT2D eigenvalue weighted by Gasteiger charge is -2.34. The Kier molecular flexibility index (Phi) is 3.82. The molecule has 3 rings (SSSR count). The quantitative estimate of drug-likeness (QED) is 0.758. The molecule has 0 amide bonds. The van der Waals surface area contributed by atoms with Crippen molar-refractivity contribution < 1.29 is 13.2 Å². The number of aromatic nitrogens is 3. The maximum absolute atomic E-state index is 12.8. The zero-order chi connectivity index (χ0) is 16.1. The molecule has 0 radical (unpaired) electrons. The summed E-state index contributed by atoms with van der Waals surface area (Å²) in [7, 11) is 1.89. The van der Waals surface area contributed by atoms with Crippen molar-refractivity contribution in [2.45, 2.75) is 25.9 Å². The third kappa shape index (κ3) is 2.68. The molecule has 0 N–H and O–H groups in total. The van der Waals surface area contributed by atoms with Crippen LogP contribution in [0.4, 0.5) is 19.0 Å². The molecule has 22 heavy (non-hydrogen) atoms. The van der Waals surface area contributed by atoms with Gasteiger partial charge in [0.15, 0.2) is 0 Å². The fourth-order valence-electron chi connectivity index (χ4n) is 2.96. The summed E-state index contributed by atoms with van der Waals surface area (Å²) in [4.78, 5) is 10.8. The zero-order valence-electron chi connectivity index (χ0n) is 12.3. The summed E-state index contributed by atoms with van der Waals surface area (Å²) in [6.45, 7) is 2.51. The van der Waals surface area contributed by atoms with Crippen LogP contribution in [-0.2, 0) is 7.05 Å². The Morgan fingerprint density at radius 1 is 1.23 bits per heavy atom. The van der Waals surface area contributed by atoms with Crippen LogP contribution in [0.2, 0.25) is 0 Å². The Morgan fingerprint density at radius 3 is 2.45 bits per heavy atom. The van der Waals surface area contributed by atoms with Gasteiger partial charge in [0.05, 0.1) is 11.3 Å². The van der Waals surface area contributed by atoms with Gasteiger partial charge in [0.1, 0.15) is 17.3 Å². The molecule has 120 valence electrons. The van der Waals surface area contributed by atoms with Crippen molar-refractivity contribution in [2.75, 3.05) is 18.0 Å². The maximum Gasteiger partial charge on any atom is 0.391 e. The second-order valence-corrected chi connectivity index (χ2v) is 6.54. The number of alkyl halides is 3. The van der Waals surface area contributed by atoms with Crippen molar-refractivity contribution in [3.8, 4) is 0 Å².